The number of para-hydroxylation sites is 2. The summed E-state index contributed by atoms with van der Waals surface area (Å²) >= 11 is 0. The van der Waals surface area contributed by atoms with E-state index in [-0.39, 0.29) is 18.6 Å². The molecule has 0 radical (unpaired) electrons. The molecule has 1 heterocycles. The van der Waals surface area contributed by atoms with Crippen LogP contribution in [0.4, 0.5) is 5.69 Å². The van der Waals surface area contributed by atoms with E-state index in [4.69, 9.17) is 4.74 Å². The molecular formula is C27H25N3O4. The molecule has 1 aromatic heterocycles. The summed E-state index contributed by atoms with van der Waals surface area (Å²) in [5, 5.41) is 3.36. The molecule has 1 amide bonds. The average molecular weight is 456 g/mol. The highest BCUT2D eigenvalue weighted by atomic mass is 16.5. The lowest BCUT2D eigenvalue weighted by molar-refractivity contribution is -0.147. The fraction of sp³-hybridized carbons (Fsp3) is 0.185. The zero-order valence-electron chi connectivity index (χ0n) is 18.6. The maximum absolute atomic E-state index is 12.3. The van der Waals surface area contributed by atoms with Gasteiger partial charge in [-0.25, -0.2) is 4.98 Å². The number of carbonyl (C=O) groups excluding carboxylic acids is 2. The number of carbonyl (C=O) groups is 2. The average Bonchev–Trinajstić information content (AvgIpc) is 2.85. The van der Waals surface area contributed by atoms with Crippen molar-refractivity contribution in [2.45, 2.75) is 25.7 Å². The van der Waals surface area contributed by atoms with Crippen molar-refractivity contribution in [3.63, 3.8) is 0 Å². The standard InChI is InChI=1S/C27H25N3O4/c31-25(29-22-13-6-4-11-20(22)17-19-9-2-1-3-10-19)18-34-26(32)16-8-15-24-28-23-14-7-5-12-21(23)27(33)30-24/h1-7,9-14H,8,15-18H2,(H,29,31)(H,28,30,33). The van der Waals surface area contributed by atoms with Crippen LogP contribution in [0, 0.1) is 0 Å². The smallest absolute Gasteiger partial charge is 0.306 e. The molecule has 0 spiro atoms. The summed E-state index contributed by atoms with van der Waals surface area (Å²) in [6.07, 6.45) is 1.67. The lowest BCUT2D eigenvalue weighted by atomic mass is 10.0. The molecule has 0 aliphatic rings. The van der Waals surface area contributed by atoms with Crippen LogP contribution in [0.3, 0.4) is 0 Å². The van der Waals surface area contributed by atoms with Gasteiger partial charge in [0.1, 0.15) is 5.82 Å². The van der Waals surface area contributed by atoms with Gasteiger partial charge < -0.3 is 15.0 Å². The van der Waals surface area contributed by atoms with E-state index in [1.54, 1.807) is 18.2 Å². The number of amides is 1. The van der Waals surface area contributed by atoms with E-state index < -0.39 is 11.9 Å². The van der Waals surface area contributed by atoms with Gasteiger partial charge in [-0.05, 0) is 42.2 Å². The highest BCUT2D eigenvalue weighted by Crippen LogP contribution is 2.19. The highest BCUT2D eigenvalue weighted by Gasteiger charge is 2.11. The van der Waals surface area contributed by atoms with Crippen LogP contribution in [0.25, 0.3) is 10.9 Å². The third kappa shape index (κ3) is 6.16. The lowest BCUT2D eigenvalue weighted by Crippen LogP contribution is -2.21. The van der Waals surface area contributed by atoms with E-state index in [0.29, 0.717) is 41.7 Å². The maximum atomic E-state index is 12.3. The Kier molecular flexibility index (Phi) is 7.45. The molecule has 4 aromatic rings. The number of aryl methyl sites for hydroxylation is 1. The Bertz CT molecular complexity index is 1350. The Hall–Kier alpha value is -4.26. The summed E-state index contributed by atoms with van der Waals surface area (Å²) in [5.74, 6) is -0.352. The molecule has 172 valence electrons. The van der Waals surface area contributed by atoms with Crippen molar-refractivity contribution in [1.82, 2.24) is 9.97 Å². The summed E-state index contributed by atoms with van der Waals surface area (Å²) in [5.41, 5.74) is 3.22. The number of anilines is 1. The monoisotopic (exact) mass is 455 g/mol. The second-order valence-electron chi connectivity index (χ2n) is 7.91. The van der Waals surface area contributed by atoms with E-state index in [0.717, 1.165) is 11.1 Å². The number of benzene rings is 3. The number of aromatic nitrogens is 2. The summed E-state index contributed by atoms with van der Waals surface area (Å²) in [7, 11) is 0. The fourth-order valence-corrected chi connectivity index (χ4v) is 3.67. The predicted molar refractivity (Wildman–Crippen MR) is 131 cm³/mol. The van der Waals surface area contributed by atoms with Crippen LogP contribution in [0.5, 0.6) is 0 Å². The van der Waals surface area contributed by atoms with Gasteiger partial charge in [0.15, 0.2) is 6.61 Å². The number of hydrogen-bond donors (Lipinski definition) is 2. The van der Waals surface area contributed by atoms with E-state index >= 15 is 0 Å². The Morgan fingerprint density at radius 3 is 2.50 bits per heavy atom. The number of nitrogens with zero attached hydrogens (tertiary/aromatic N) is 1. The predicted octanol–water partition coefficient (Wildman–Crippen LogP) is 4.02. The summed E-state index contributed by atoms with van der Waals surface area (Å²) in [6.45, 7) is -0.358. The molecule has 0 saturated heterocycles. The van der Waals surface area contributed by atoms with Crippen molar-refractivity contribution in [2.24, 2.45) is 0 Å². The number of esters is 1. The molecule has 0 aliphatic carbocycles. The van der Waals surface area contributed by atoms with Crippen molar-refractivity contribution in [3.8, 4) is 0 Å². The van der Waals surface area contributed by atoms with Gasteiger partial charge in [0.05, 0.1) is 10.9 Å². The largest absolute Gasteiger partial charge is 0.456 e. The Morgan fingerprint density at radius 2 is 1.65 bits per heavy atom. The number of hydrogen-bond acceptors (Lipinski definition) is 5. The molecule has 3 aromatic carbocycles. The highest BCUT2D eigenvalue weighted by molar-refractivity contribution is 5.93. The van der Waals surface area contributed by atoms with E-state index in [2.05, 4.69) is 15.3 Å². The third-order valence-corrected chi connectivity index (χ3v) is 5.35. The minimum atomic E-state index is -0.476. The van der Waals surface area contributed by atoms with E-state index in [9.17, 15) is 14.4 Å². The SMILES string of the molecule is O=C(COC(=O)CCCc1nc2ccccc2c(=O)[nH]1)Nc1ccccc1Cc1ccccc1. The molecule has 0 aliphatic heterocycles. The molecule has 7 nitrogen and oxygen atoms in total. The van der Waals surface area contributed by atoms with Crippen LogP contribution in [0.15, 0.2) is 83.7 Å². The van der Waals surface area contributed by atoms with Crippen LogP contribution < -0.4 is 10.9 Å². The van der Waals surface area contributed by atoms with Crippen LogP contribution in [-0.4, -0.2) is 28.5 Å². The molecule has 34 heavy (non-hydrogen) atoms. The minimum absolute atomic E-state index is 0.119. The van der Waals surface area contributed by atoms with Gasteiger partial charge in [-0.2, -0.15) is 0 Å². The molecule has 0 saturated carbocycles. The topological polar surface area (TPSA) is 101 Å². The Balaban J connectivity index is 1.24. The number of ether oxygens (including phenoxy) is 1. The van der Waals surface area contributed by atoms with Crippen LogP contribution in [0.1, 0.15) is 29.8 Å². The van der Waals surface area contributed by atoms with Gasteiger partial charge in [0.25, 0.3) is 11.5 Å². The van der Waals surface area contributed by atoms with E-state index in [1.807, 2.05) is 60.7 Å². The number of rotatable bonds is 9. The maximum Gasteiger partial charge on any atom is 0.306 e. The summed E-state index contributed by atoms with van der Waals surface area (Å²) in [6, 6.07) is 24.6. The first-order valence-corrected chi connectivity index (χ1v) is 11.1. The van der Waals surface area contributed by atoms with Gasteiger partial charge in [-0.15, -0.1) is 0 Å². The van der Waals surface area contributed by atoms with E-state index in [1.165, 1.54) is 0 Å². The van der Waals surface area contributed by atoms with Crippen LogP contribution in [-0.2, 0) is 27.2 Å². The van der Waals surface area contributed by atoms with Gasteiger partial charge in [-0.3, -0.25) is 14.4 Å². The van der Waals surface area contributed by atoms with Gasteiger partial charge in [-0.1, -0.05) is 60.7 Å². The normalized spacial score (nSPS) is 10.7. The molecular weight excluding hydrogens is 430 g/mol. The molecule has 0 atom stereocenters. The number of aromatic amines is 1. The fourth-order valence-electron chi connectivity index (χ4n) is 3.67. The van der Waals surface area contributed by atoms with Crippen molar-refractivity contribution >= 4 is 28.5 Å². The second-order valence-corrected chi connectivity index (χ2v) is 7.91. The quantitative estimate of drug-likeness (QED) is 0.371. The van der Waals surface area contributed by atoms with Crippen LogP contribution in [0.2, 0.25) is 0 Å². The number of H-pyrrole nitrogens is 1. The number of fused-ring (bicyclic) bond motifs is 1. The molecule has 4 rings (SSSR count). The zero-order valence-corrected chi connectivity index (χ0v) is 18.6. The third-order valence-electron chi connectivity index (χ3n) is 5.35. The first-order valence-electron chi connectivity index (χ1n) is 11.1. The second kappa shape index (κ2) is 11.0. The molecule has 0 bridgehead atoms. The molecule has 0 unspecified atom stereocenters. The van der Waals surface area contributed by atoms with Crippen LogP contribution >= 0.6 is 0 Å². The van der Waals surface area contributed by atoms with Gasteiger partial charge in [0.2, 0.25) is 0 Å². The Morgan fingerprint density at radius 1 is 0.912 bits per heavy atom. The van der Waals surface area contributed by atoms with Crippen molar-refractivity contribution in [3.05, 3.63) is 106 Å². The van der Waals surface area contributed by atoms with Crippen molar-refractivity contribution in [1.29, 1.82) is 0 Å². The minimum Gasteiger partial charge on any atom is -0.456 e. The zero-order chi connectivity index (χ0) is 23.8. The number of nitrogens with one attached hydrogen (secondary N) is 2. The molecule has 2 N–H and O–H groups in total. The Labute approximate surface area is 196 Å². The summed E-state index contributed by atoms with van der Waals surface area (Å²) < 4.78 is 5.12. The first kappa shape index (κ1) is 22.9. The lowest BCUT2D eigenvalue weighted by Gasteiger charge is -2.11. The summed E-state index contributed by atoms with van der Waals surface area (Å²) in [4.78, 5) is 43.7. The van der Waals surface area contributed by atoms with Crippen molar-refractivity contribution < 1.29 is 14.3 Å². The van der Waals surface area contributed by atoms with Crippen molar-refractivity contribution in [2.75, 3.05) is 11.9 Å². The molecule has 7 heteroatoms. The van der Waals surface area contributed by atoms with Gasteiger partial charge in [0, 0.05) is 18.5 Å². The first-order chi connectivity index (χ1) is 16.6. The van der Waals surface area contributed by atoms with Gasteiger partial charge >= 0.3 is 5.97 Å². The molecule has 0 fully saturated rings.